The van der Waals surface area contributed by atoms with Gasteiger partial charge in [-0.1, -0.05) is 27.7 Å². The van der Waals surface area contributed by atoms with Crippen molar-refractivity contribution in [2.75, 3.05) is 26.4 Å². The van der Waals surface area contributed by atoms with Crippen LogP contribution >= 0.6 is 0 Å². The van der Waals surface area contributed by atoms with E-state index in [4.69, 9.17) is 37.9 Å². The molecule has 4 saturated carbocycles. The predicted octanol–water partition coefficient (Wildman–Crippen LogP) is -0.734. The fourth-order valence-corrected chi connectivity index (χ4v) is 14.7. The molecule has 18 heteroatoms. The first-order chi connectivity index (χ1) is 30.0. The van der Waals surface area contributed by atoms with E-state index in [1.807, 2.05) is 0 Å². The van der Waals surface area contributed by atoms with Crippen LogP contribution in [0.5, 0.6) is 0 Å². The van der Waals surface area contributed by atoms with Crippen LogP contribution in [0.15, 0.2) is 0 Å². The largest absolute Gasteiger partial charge is 0.394 e. The maximum absolute atomic E-state index is 11.5. The molecule has 9 aliphatic rings. The molecule has 63 heavy (non-hydrogen) atoms. The average molecular weight is 903 g/mol. The summed E-state index contributed by atoms with van der Waals surface area (Å²) in [5.41, 5.74) is 0.364. The van der Waals surface area contributed by atoms with Crippen LogP contribution in [-0.2, 0) is 37.9 Å². The minimum Gasteiger partial charge on any atom is -0.394 e. The van der Waals surface area contributed by atoms with Crippen molar-refractivity contribution >= 4 is 0 Å². The summed E-state index contributed by atoms with van der Waals surface area (Å²) in [6, 6.07) is 0. The molecule has 0 aromatic heterocycles. The maximum atomic E-state index is 11.5. The van der Waals surface area contributed by atoms with Crippen LogP contribution in [-0.4, -0.2) is 188 Å². The zero-order chi connectivity index (χ0) is 44.9. The molecule has 5 heterocycles. The number of aliphatic hydroxyl groups is 10. The van der Waals surface area contributed by atoms with Crippen molar-refractivity contribution in [1.82, 2.24) is 0 Å². The highest BCUT2D eigenvalue weighted by molar-refractivity contribution is 5.15. The van der Waals surface area contributed by atoms with Gasteiger partial charge in [0.25, 0.3) is 0 Å². The van der Waals surface area contributed by atoms with Gasteiger partial charge in [0.15, 0.2) is 24.7 Å². The number of hydrogen-bond donors (Lipinski definition) is 10. The van der Waals surface area contributed by atoms with Gasteiger partial charge in [0.1, 0.15) is 73.2 Å². The highest BCUT2D eigenvalue weighted by atomic mass is 16.8. The minimum atomic E-state index is -1.89. The number of rotatable bonds is 9. The van der Waals surface area contributed by atoms with Crippen molar-refractivity contribution in [2.45, 2.75) is 202 Å². The molecule has 362 valence electrons. The van der Waals surface area contributed by atoms with Crippen LogP contribution in [0.25, 0.3) is 0 Å². The van der Waals surface area contributed by atoms with Crippen molar-refractivity contribution in [1.29, 1.82) is 0 Å². The first-order valence-electron chi connectivity index (χ1n) is 23.8. The summed E-state index contributed by atoms with van der Waals surface area (Å²) in [4.78, 5) is 0. The van der Waals surface area contributed by atoms with Gasteiger partial charge < -0.3 is 89.0 Å². The molecule has 0 radical (unpaired) electrons. The molecule has 9 fully saturated rings. The van der Waals surface area contributed by atoms with Crippen LogP contribution in [0, 0.1) is 52.3 Å². The van der Waals surface area contributed by atoms with Gasteiger partial charge in [0.05, 0.1) is 38.6 Å². The van der Waals surface area contributed by atoms with E-state index in [9.17, 15) is 51.1 Å². The molecule has 4 aliphatic carbocycles. The fourth-order valence-electron chi connectivity index (χ4n) is 14.7. The lowest BCUT2D eigenvalue weighted by atomic mass is 9.44. The van der Waals surface area contributed by atoms with E-state index in [2.05, 4.69) is 27.7 Å². The first-order valence-corrected chi connectivity index (χ1v) is 23.8. The van der Waals surface area contributed by atoms with E-state index in [0.29, 0.717) is 41.4 Å². The lowest BCUT2D eigenvalue weighted by Crippen LogP contribution is -2.67. The molecule has 5 aliphatic heterocycles. The molecular formula is C45H74O18. The number of hydrogen-bond acceptors (Lipinski definition) is 18. The summed E-state index contributed by atoms with van der Waals surface area (Å²) in [6.07, 6.45) is -14.2. The van der Waals surface area contributed by atoms with Crippen molar-refractivity contribution in [3.8, 4) is 0 Å². The summed E-state index contributed by atoms with van der Waals surface area (Å²) in [5, 5.41) is 106. The Labute approximate surface area is 369 Å². The van der Waals surface area contributed by atoms with Crippen LogP contribution < -0.4 is 0 Å². The first kappa shape index (κ1) is 47.4. The second-order valence-electron chi connectivity index (χ2n) is 21.5. The molecule has 27 atom stereocenters. The number of fused-ring (bicyclic) bond motifs is 7. The smallest absolute Gasteiger partial charge is 0.187 e. The predicted molar refractivity (Wildman–Crippen MR) is 216 cm³/mol. The molecule has 0 bridgehead atoms. The Morgan fingerprint density at radius 1 is 0.556 bits per heavy atom. The van der Waals surface area contributed by atoms with E-state index >= 15 is 0 Å². The SMILES string of the molecule is CC1CC[C@@]2(OC1)OC1CC3[C@@H]4CCC5C[C@@H](OC6O[C@H](CO)[C@H](O[C@@H]7OC(CO)[C@@H](O)C(O)[C@H]7OC7O[C@H](CO)[C@H](O)[C@H](O)C7O)[C@H](O)C6O)CC[C@]5(C)C4CC[C@]3(C)C1C2C. The van der Waals surface area contributed by atoms with Gasteiger partial charge in [0, 0.05) is 12.3 Å². The Balaban J connectivity index is 0.833. The number of aliphatic hydroxyl groups excluding tert-OH is 10. The van der Waals surface area contributed by atoms with Crippen molar-refractivity contribution < 1.29 is 89.0 Å². The topological polar surface area (TPSA) is 276 Å². The van der Waals surface area contributed by atoms with E-state index in [1.54, 1.807) is 0 Å². The zero-order valence-electron chi connectivity index (χ0n) is 37.0. The molecule has 18 nitrogen and oxygen atoms in total. The lowest BCUT2D eigenvalue weighted by Gasteiger charge is -2.61. The Bertz CT molecular complexity index is 1570. The van der Waals surface area contributed by atoms with Gasteiger partial charge in [-0.25, -0.2) is 0 Å². The molecule has 9 rings (SSSR count). The average Bonchev–Trinajstić information content (AvgIpc) is 3.72. The van der Waals surface area contributed by atoms with Gasteiger partial charge in [-0.2, -0.15) is 0 Å². The van der Waals surface area contributed by atoms with Gasteiger partial charge >= 0.3 is 0 Å². The summed E-state index contributed by atoms with van der Waals surface area (Å²) in [5.74, 6) is 3.29. The maximum Gasteiger partial charge on any atom is 0.187 e. The molecular weight excluding hydrogens is 828 g/mol. The Hall–Kier alpha value is -0.720. The second kappa shape index (κ2) is 18.0. The third-order valence-electron chi connectivity index (χ3n) is 18.3. The van der Waals surface area contributed by atoms with Crippen LogP contribution in [0.1, 0.15) is 91.9 Å². The minimum absolute atomic E-state index is 0.134. The molecule has 0 amide bonds. The summed E-state index contributed by atoms with van der Waals surface area (Å²) in [7, 11) is 0. The highest BCUT2D eigenvalue weighted by Gasteiger charge is 2.69. The molecule has 10 N–H and O–H groups in total. The molecule has 0 aromatic rings. The normalized spacial score (nSPS) is 58.2. The quantitative estimate of drug-likeness (QED) is 0.128. The van der Waals surface area contributed by atoms with E-state index in [0.717, 1.165) is 58.0 Å². The van der Waals surface area contributed by atoms with E-state index in [-0.39, 0.29) is 23.0 Å². The molecule has 5 saturated heterocycles. The highest BCUT2D eigenvalue weighted by Crippen LogP contribution is 2.71. The third-order valence-corrected chi connectivity index (χ3v) is 18.3. The zero-order valence-corrected chi connectivity index (χ0v) is 37.0. The third kappa shape index (κ3) is 7.88. The monoisotopic (exact) mass is 902 g/mol. The van der Waals surface area contributed by atoms with E-state index in [1.165, 1.54) is 12.8 Å². The van der Waals surface area contributed by atoms with Crippen molar-refractivity contribution in [2.24, 2.45) is 52.3 Å². The summed E-state index contributed by atoms with van der Waals surface area (Å²) < 4.78 is 49.0. The Morgan fingerprint density at radius 3 is 1.84 bits per heavy atom. The Morgan fingerprint density at radius 2 is 1.16 bits per heavy atom. The number of ether oxygens (including phenoxy) is 8. The molecule has 0 aromatic carbocycles. The van der Waals surface area contributed by atoms with Gasteiger partial charge in [-0.05, 0) is 104 Å². The summed E-state index contributed by atoms with van der Waals surface area (Å²) >= 11 is 0. The van der Waals surface area contributed by atoms with Crippen molar-refractivity contribution in [3.63, 3.8) is 0 Å². The van der Waals surface area contributed by atoms with E-state index < -0.39 is 118 Å². The standard InChI is InChI=1S/C45H74O18/c1-19-7-12-45(56-18-19)20(2)30-26(63-45)14-25-23-6-5-21-13-22(8-10-43(21,3)24(23)9-11-44(25,30)4)57-40-37(55)35(53)38(29(17-48)60-40)61-42-39(34(52)32(50)28(16-47)59-42)62-41-36(54)33(51)31(49)27(15-46)58-41/h19-42,46-55H,5-18H2,1-4H3/t19?,20?,21?,22-,23+,24?,25?,26?,27+,28?,29+,30?,31-,32+,33-,34?,35+,36?,37?,38-,39+,40?,41?,42-,43-,44-,45+/m0/s1. The summed E-state index contributed by atoms with van der Waals surface area (Å²) in [6.45, 7) is 8.23. The fraction of sp³-hybridized carbons (Fsp3) is 1.00. The van der Waals surface area contributed by atoms with Crippen molar-refractivity contribution in [3.05, 3.63) is 0 Å². The molecule has 1 spiro atoms. The molecule has 13 unspecified atom stereocenters. The van der Waals surface area contributed by atoms with Crippen LogP contribution in [0.2, 0.25) is 0 Å². The second-order valence-corrected chi connectivity index (χ2v) is 21.5. The Kier molecular flexibility index (Phi) is 13.5. The van der Waals surface area contributed by atoms with Crippen LogP contribution in [0.3, 0.4) is 0 Å². The van der Waals surface area contributed by atoms with Gasteiger partial charge in [0.2, 0.25) is 0 Å². The van der Waals surface area contributed by atoms with Gasteiger partial charge in [-0.3, -0.25) is 0 Å². The lowest BCUT2D eigenvalue weighted by molar-refractivity contribution is -0.390. The van der Waals surface area contributed by atoms with Gasteiger partial charge in [-0.15, -0.1) is 0 Å². The van der Waals surface area contributed by atoms with Crippen LogP contribution in [0.4, 0.5) is 0 Å².